The van der Waals surface area contributed by atoms with Gasteiger partial charge in [0.15, 0.2) is 0 Å². The Morgan fingerprint density at radius 1 is 1.53 bits per heavy atom. The smallest absolute Gasteiger partial charge is 0.213 e. The van der Waals surface area contributed by atoms with E-state index in [-0.39, 0.29) is 12.0 Å². The van der Waals surface area contributed by atoms with Crippen molar-refractivity contribution < 1.29 is 4.74 Å². The Balaban J connectivity index is 1.97. The molecule has 1 aromatic rings. The molecule has 0 spiro atoms. The molecule has 2 rings (SSSR count). The Bertz CT molecular complexity index is 396. The highest BCUT2D eigenvalue weighted by atomic mass is 16.5. The molecule has 1 fully saturated rings. The van der Waals surface area contributed by atoms with Gasteiger partial charge in [-0.3, -0.25) is 0 Å². The molecule has 0 aliphatic heterocycles. The number of anilines is 1. The van der Waals surface area contributed by atoms with Gasteiger partial charge in [-0.15, -0.1) is 0 Å². The van der Waals surface area contributed by atoms with Gasteiger partial charge in [-0.2, -0.15) is 5.26 Å². The average molecular weight is 231 g/mol. The minimum Gasteiger partial charge on any atom is -0.478 e. The Morgan fingerprint density at radius 2 is 2.41 bits per heavy atom. The fourth-order valence-corrected chi connectivity index (χ4v) is 2.20. The minimum absolute atomic E-state index is 0.126. The maximum Gasteiger partial charge on any atom is 0.213 e. The van der Waals surface area contributed by atoms with Gasteiger partial charge in [0.25, 0.3) is 0 Å². The normalized spacial score (nSPS) is 23.1. The highest BCUT2D eigenvalue weighted by Gasteiger charge is 2.26. The third kappa shape index (κ3) is 2.88. The van der Waals surface area contributed by atoms with Crippen LogP contribution in [0.3, 0.4) is 0 Å². The summed E-state index contributed by atoms with van der Waals surface area (Å²) in [6.45, 7) is 2.56. The van der Waals surface area contributed by atoms with Gasteiger partial charge >= 0.3 is 0 Å². The lowest BCUT2D eigenvalue weighted by molar-refractivity contribution is 0.327. The lowest BCUT2D eigenvalue weighted by Crippen LogP contribution is -2.22. The van der Waals surface area contributed by atoms with Crippen LogP contribution < -0.4 is 10.1 Å². The molecule has 1 aliphatic carbocycles. The molecule has 1 saturated carbocycles. The first-order chi connectivity index (χ1) is 8.33. The number of hydrogen-bond donors (Lipinski definition) is 1. The molecule has 0 bridgehead atoms. The van der Waals surface area contributed by atoms with Crippen LogP contribution in [0.25, 0.3) is 0 Å². The molecule has 17 heavy (non-hydrogen) atoms. The summed E-state index contributed by atoms with van der Waals surface area (Å²) in [6, 6.07) is 6.42. The fraction of sp³-hybridized carbons (Fsp3) is 0.538. The lowest BCUT2D eigenvalue weighted by Gasteiger charge is -2.16. The third-order valence-electron chi connectivity index (χ3n) is 3.06. The zero-order valence-electron chi connectivity index (χ0n) is 10.0. The maximum absolute atomic E-state index is 9.00. The summed E-state index contributed by atoms with van der Waals surface area (Å²) in [6.07, 6.45) is 4.95. The van der Waals surface area contributed by atoms with Crippen LogP contribution in [0.2, 0.25) is 0 Å². The van der Waals surface area contributed by atoms with E-state index in [0.29, 0.717) is 12.5 Å². The molecule has 4 nitrogen and oxygen atoms in total. The molecular formula is C13H17N3O. The molecule has 2 atom stereocenters. The van der Waals surface area contributed by atoms with Crippen LogP contribution in [0, 0.1) is 17.2 Å². The maximum atomic E-state index is 9.00. The Labute approximate surface area is 102 Å². The van der Waals surface area contributed by atoms with Crippen LogP contribution in [-0.4, -0.2) is 17.6 Å². The number of hydrogen-bond acceptors (Lipinski definition) is 4. The van der Waals surface area contributed by atoms with E-state index in [1.807, 2.05) is 19.1 Å². The molecule has 2 unspecified atom stereocenters. The molecule has 0 saturated heterocycles. The molecule has 0 amide bonds. The van der Waals surface area contributed by atoms with Crippen molar-refractivity contribution in [1.82, 2.24) is 4.98 Å². The third-order valence-corrected chi connectivity index (χ3v) is 3.06. The standard InChI is InChI=1S/C13H17N3O/c1-2-17-13-7-6-11(9-15-13)16-12-5-3-4-10(12)8-14/h6-7,9-10,12,16H,2-5H2,1H3. The van der Waals surface area contributed by atoms with E-state index in [2.05, 4.69) is 16.4 Å². The summed E-state index contributed by atoms with van der Waals surface area (Å²) in [5.41, 5.74) is 0.959. The number of nitriles is 1. The van der Waals surface area contributed by atoms with Crippen LogP contribution in [0.1, 0.15) is 26.2 Å². The second-order valence-corrected chi connectivity index (χ2v) is 4.24. The monoisotopic (exact) mass is 231 g/mol. The Hall–Kier alpha value is -1.76. The van der Waals surface area contributed by atoms with Gasteiger partial charge in [-0.1, -0.05) is 0 Å². The van der Waals surface area contributed by atoms with E-state index in [1.54, 1.807) is 6.20 Å². The van der Waals surface area contributed by atoms with Crippen molar-refractivity contribution in [2.75, 3.05) is 11.9 Å². The van der Waals surface area contributed by atoms with Gasteiger partial charge in [0.2, 0.25) is 5.88 Å². The van der Waals surface area contributed by atoms with Crippen LogP contribution in [-0.2, 0) is 0 Å². The van der Waals surface area contributed by atoms with Crippen LogP contribution in [0.15, 0.2) is 18.3 Å². The second kappa shape index (κ2) is 5.53. The van der Waals surface area contributed by atoms with Crippen molar-refractivity contribution in [3.05, 3.63) is 18.3 Å². The van der Waals surface area contributed by atoms with Crippen LogP contribution in [0.5, 0.6) is 5.88 Å². The van der Waals surface area contributed by atoms with Crippen LogP contribution in [0.4, 0.5) is 5.69 Å². The first-order valence-corrected chi connectivity index (χ1v) is 6.08. The zero-order valence-corrected chi connectivity index (χ0v) is 10.0. The number of rotatable bonds is 4. The predicted molar refractivity (Wildman–Crippen MR) is 65.8 cm³/mol. The molecule has 1 heterocycles. The van der Waals surface area contributed by atoms with E-state index in [4.69, 9.17) is 10.00 Å². The average Bonchev–Trinajstić information content (AvgIpc) is 2.79. The summed E-state index contributed by atoms with van der Waals surface area (Å²) in [5.74, 6) is 0.767. The van der Waals surface area contributed by atoms with Gasteiger partial charge < -0.3 is 10.1 Å². The fourth-order valence-electron chi connectivity index (χ4n) is 2.20. The van der Waals surface area contributed by atoms with E-state index < -0.39 is 0 Å². The number of nitrogens with one attached hydrogen (secondary N) is 1. The summed E-state index contributed by atoms with van der Waals surface area (Å²) >= 11 is 0. The Kier molecular flexibility index (Phi) is 3.81. The van der Waals surface area contributed by atoms with Crippen molar-refractivity contribution in [1.29, 1.82) is 5.26 Å². The van der Waals surface area contributed by atoms with E-state index in [0.717, 1.165) is 24.9 Å². The SMILES string of the molecule is CCOc1ccc(NC2CCCC2C#N)cn1. The van der Waals surface area contributed by atoms with Gasteiger partial charge in [0.1, 0.15) is 0 Å². The first-order valence-electron chi connectivity index (χ1n) is 6.08. The van der Waals surface area contributed by atoms with Gasteiger partial charge in [-0.05, 0) is 32.3 Å². The highest BCUT2D eigenvalue weighted by molar-refractivity contribution is 5.43. The van der Waals surface area contributed by atoms with Gasteiger partial charge in [0.05, 0.1) is 30.5 Å². The van der Waals surface area contributed by atoms with Gasteiger partial charge in [-0.25, -0.2) is 4.98 Å². The largest absolute Gasteiger partial charge is 0.478 e. The summed E-state index contributed by atoms with van der Waals surface area (Å²) in [5, 5.41) is 12.4. The highest BCUT2D eigenvalue weighted by Crippen LogP contribution is 2.28. The Morgan fingerprint density at radius 3 is 3.06 bits per heavy atom. The molecular weight excluding hydrogens is 214 g/mol. The van der Waals surface area contributed by atoms with Crippen molar-refractivity contribution in [3.63, 3.8) is 0 Å². The summed E-state index contributed by atoms with van der Waals surface area (Å²) < 4.78 is 5.28. The molecule has 1 aromatic heterocycles. The molecule has 0 radical (unpaired) electrons. The van der Waals surface area contributed by atoms with E-state index in [1.165, 1.54) is 0 Å². The topological polar surface area (TPSA) is 57.9 Å². The quantitative estimate of drug-likeness (QED) is 0.865. The van der Waals surface area contributed by atoms with E-state index in [9.17, 15) is 0 Å². The predicted octanol–water partition coefficient (Wildman–Crippen LogP) is 2.58. The second-order valence-electron chi connectivity index (χ2n) is 4.24. The number of pyridine rings is 1. The first kappa shape index (κ1) is 11.7. The molecule has 1 aliphatic rings. The van der Waals surface area contributed by atoms with Crippen LogP contribution >= 0.6 is 0 Å². The summed E-state index contributed by atoms with van der Waals surface area (Å²) in [7, 11) is 0. The molecule has 4 heteroatoms. The zero-order chi connectivity index (χ0) is 12.1. The van der Waals surface area contributed by atoms with Crippen molar-refractivity contribution in [3.8, 4) is 11.9 Å². The van der Waals surface area contributed by atoms with E-state index >= 15 is 0 Å². The van der Waals surface area contributed by atoms with Crippen molar-refractivity contribution in [2.24, 2.45) is 5.92 Å². The molecule has 0 aromatic carbocycles. The lowest BCUT2D eigenvalue weighted by atomic mass is 10.1. The number of ether oxygens (including phenoxy) is 1. The summed E-state index contributed by atoms with van der Waals surface area (Å²) in [4.78, 5) is 4.19. The van der Waals surface area contributed by atoms with Crippen molar-refractivity contribution in [2.45, 2.75) is 32.2 Å². The van der Waals surface area contributed by atoms with Crippen molar-refractivity contribution >= 4 is 5.69 Å². The number of nitrogens with zero attached hydrogens (tertiary/aromatic N) is 2. The van der Waals surface area contributed by atoms with Gasteiger partial charge in [0, 0.05) is 12.1 Å². The minimum atomic E-state index is 0.126. The molecule has 90 valence electrons. The molecule has 1 N–H and O–H groups in total. The number of aromatic nitrogens is 1.